The molecule has 0 aromatic carbocycles. The molecule has 0 bridgehead atoms. The predicted octanol–water partition coefficient (Wildman–Crippen LogP) is -3.69. The van der Waals surface area contributed by atoms with Gasteiger partial charge in [-0.1, -0.05) is 0 Å². The predicted molar refractivity (Wildman–Crippen MR) is 23.3 cm³/mol. The number of rotatable bonds is 0. The van der Waals surface area contributed by atoms with Crippen LogP contribution in [0.15, 0.2) is 0 Å². The number of hydrogen-bond donors (Lipinski definition) is 2. The van der Waals surface area contributed by atoms with E-state index in [2.05, 4.69) is 0 Å². The van der Waals surface area contributed by atoms with Crippen LogP contribution in [0.2, 0.25) is 0 Å². The Labute approximate surface area is 111 Å². The second-order valence-electron chi connectivity index (χ2n) is 0.448. The van der Waals surface area contributed by atoms with Gasteiger partial charge < -0.3 is 4.28 Å². The molecule has 0 aliphatic heterocycles. The van der Waals surface area contributed by atoms with Gasteiger partial charge in [0, 0.05) is 0 Å². The molecule has 0 aliphatic rings. The van der Waals surface area contributed by atoms with Crippen molar-refractivity contribution in [3.05, 3.63) is 0 Å². The summed E-state index contributed by atoms with van der Waals surface area (Å²) in [5.74, 6) is 0. The molecule has 0 saturated heterocycles. The molecule has 0 spiro atoms. The van der Waals surface area contributed by atoms with E-state index in [1.54, 1.807) is 0 Å². The van der Waals surface area contributed by atoms with Crippen molar-refractivity contribution in [2.24, 2.45) is 0 Å². The Bertz CT molecular complexity index is 104. The van der Waals surface area contributed by atoms with Crippen LogP contribution in [0.1, 0.15) is 4.28 Å². The molecule has 7 heavy (non-hydrogen) atoms. The Morgan fingerprint density at radius 2 is 1.29 bits per heavy atom. The van der Waals surface area contributed by atoms with Crippen molar-refractivity contribution in [3.8, 4) is 0 Å². The third-order valence-electron chi connectivity index (χ3n) is 0. The molecule has 0 aromatic heterocycles. The smallest absolute Gasteiger partial charge is 1.00 e. The molecule has 0 aliphatic carbocycles. The van der Waals surface area contributed by atoms with Gasteiger partial charge in [0.05, 0.1) is 0 Å². The second-order valence-corrected chi connectivity index (χ2v) is 1.34. The molecular weight excluding hydrogens is 206 g/mol. The van der Waals surface area contributed by atoms with Crippen molar-refractivity contribution >= 4 is 33.5 Å². The molecule has 0 radical (unpaired) electrons. The summed E-state index contributed by atoms with van der Waals surface area (Å²) < 4.78 is 31.6. The molecule has 0 unspecified atom stereocenters. The van der Waals surface area contributed by atoms with E-state index in [9.17, 15) is 0 Å². The summed E-state index contributed by atoms with van der Waals surface area (Å²) in [5, 5.41) is 0. The molecule has 38 valence electrons. The second kappa shape index (κ2) is 6.56. The minimum absolute atomic E-state index is 0. The van der Waals surface area contributed by atoms with Crippen LogP contribution in [0.25, 0.3) is 0 Å². The maximum atomic E-state index is 8.74. The van der Waals surface area contributed by atoms with Crippen molar-refractivity contribution in [2.75, 3.05) is 0 Å². The Morgan fingerprint density at radius 1 is 1.29 bits per heavy atom. The Hall–Kier alpha value is 2.44. The van der Waals surface area contributed by atoms with Gasteiger partial charge >= 0.3 is 91.6 Å². The molecule has 7 heteroatoms. The van der Waals surface area contributed by atoms with Crippen LogP contribution >= 0.6 is 0 Å². The number of hydrogen-bond acceptors (Lipinski definition) is 2. The van der Waals surface area contributed by atoms with Crippen molar-refractivity contribution in [1.82, 2.24) is 0 Å². The minimum Gasteiger partial charge on any atom is -1.00 e. The summed E-state index contributed by atoms with van der Waals surface area (Å²) in [7, 11) is -4.67. The van der Waals surface area contributed by atoms with E-state index in [-0.39, 0.29) is 85.5 Å². The van der Waals surface area contributed by atoms with Gasteiger partial charge in [0.25, 0.3) is 0 Å². The Kier molecular flexibility index (Phi) is 15.2. The molecule has 0 fully saturated rings. The van der Waals surface area contributed by atoms with Gasteiger partial charge in [-0.25, -0.2) is 0 Å². The van der Waals surface area contributed by atoms with E-state index in [1.807, 2.05) is 0 Å². The largest absolute Gasteiger partial charge is 2.00 e. The zero-order valence-electron chi connectivity index (χ0n) is 6.83. The monoisotopic (exact) mass is 210 g/mol. The van der Waals surface area contributed by atoms with Crippen molar-refractivity contribution < 1.29 is 80.0 Å². The van der Waals surface area contributed by atoms with E-state index in [0.29, 0.717) is 0 Å². The maximum absolute atomic E-state index is 8.74. The fourth-order valence-electron chi connectivity index (χ4n) is 0. The van der Waals surface area contributed by atoms with Crippen molar-refractivity contribution in [2.45, 2.75) is 0 Å². The average molecular weight is 211 g/mol. The maximum Gasteiger partial charge on any atom is 2.00 e. The van der Waals surface area contributed by atoms with Crippen LogP contribution in [-0.4, -0.2) is 40.6 Å². The summed E-state index contributed by atoms with van der Waals surface area (Å²) in [5.41, 5.74) is 0. The first-order chi connectivity index (χ1) is 2.00. The minimum atomic E-state index is -4.67. The quantitative estimate of drug-likeness (QED) is 0.319. The average Bonchev–Trinajstić information content (AvgIpc) is 0.722. The van der Waals surface area contributed by atoms with E-state index in [1.165, 1.54) is 0 Å². The summed E-state index contributed by atoms with van der Waals surface area (Å²) in [6.45, 7) is 0. The molecule has 0 rings (SSSR count). The van der Waals surface area contributed by atoms with Gasteiger partial charge in [-0.05, 0) is 0 Å². The zero-order chi connectivity index (χ0) is 4.50. The van der Waals surface area contributed by atoms with Gasteiger partial charge in [-0.2, -0.15) is 8.42 Å². The van der Waals surface area contributed by atoms with E-state index in [0.717, 1.165) is 0 Å². The van der Waals surface area contributed by atoms with Gasteiger partial charge in [-0.15, -0.1) is 0 Å². The van der Waals surface area contributed by atoms with Gasteiger partial charge in [0.15, 0.2) is 0 Å². The van der Waals surface area contributed by atoms with Crippen LogP contribution in [0, 0.1) is 0 Å². The van der Waals surface area contributed by atoms with Crippen molar-refractivity contribution in [3.63, 3.8) is 0 Å². The molecule has 0 saturated carbocycles. The molecule has 0 atom stereocenters. The zero-order valence-corrected chi connectivity index (χ0v) is 11.0. The Morgan fingerprint density at radius 3 is 1.29 bits per heavy atom. The fourth-order valence-corrected chi connectivity index (χ4v) is 0. The van der Waals surface area contributed by atoms with Gasteiger partial charge in [0.1, 0.15) is 0 Å². The molecule has 4 nitrogen and oxygen atoms in total. The summed E-state index contributed by atoms with van der Waals surface area (Å²) >= 11 is 0. The first-order valence-electron chi connectivity index (χ1n) is 0.698. The first kappa shape index (κ1) is 16.2. The molecular formula is H5MgO4RbS. The third-order valence-corrected chi connectivity index (χ3v) is 0. The normalized spacial score (nSPS) is 8.29. The summed E-state index contributed by atoms with van der Waals surface area (Å²) in [4.78, 5) is 0. The van der Waals surface area contributed by atoms with E-state index < -0.39 is 10.4 Å². The molecule has 2 N–H and O–H groups in total. The summed E-state index contributed by atoms with van der Waals surface area (Å²) in [6, 6.07) is 0. The third kappa shape index (κ3) is 58.8. The molecule has 0 aromatic rings. The first-order valence-corrected chi connectivity index (χ1v) is 2.10. The van der Waals surface area contributed by atoms with Crippen LogP contribution in [0.5, 0.6) is 0 Å². The van der Waals surface area contributed by atoms with Gasteiger partial charge in [-0.3, -0.25) is 9.11 Å². The summed E-state index contributed by atoms with van der Waals surface area (Å²) in [6.07, 6.45) is 0. The van der Waals surface area contributed by atoms with Gasteiger partial charge in [0.2, 0.25) is 0 Å². The Balaban J connectivity index is -0.00000000800. The van der Waals surface area contributed by atoms with Crippen LogP contribution in [0.4, 0.5) is 0 Å². The topological polar surface area (TPSA) is 74.6 Å². The van der Waals surface area contributed by atoms with Crippen LogP contribution in [-0.2, 0) is 10.4 Å². The van der Waals surface area contributed by atoms with Crippen LogP contribution < -0.4 is 58.2 Å². The van der Waals surface area contributed by atoms with Crippen LogP contribution in [0.3, 0.4) is 0 Å². The van der Waals surface area contributed by atoms with E-state index >= 15 is 0 Å². The molecule has 0 amide bonds. The van der Waals surface area contributed by atoms with E-state index in [4.69, 9.17) is 17.5 Å². The SMILES string of the molecule is O=S(=O)(O)O.[H-].[H-].[H-].[Mg+2].[Rb+]. The molecule has 0 heterocycles. The van der Waals surface area contributed by atoms with Crippen molar-refractivity contribution in [1.29, 1.82) is 0 Å². The standard InChI is InChI=1S/Mg.H2O4S.Rb.3H/c;1-5(2,3)4;;;;/h;(H2,1,2,3,4);;;;/q+2;;+1;3*-1. The fraction of sp³-hybridized carbons (Fsp3) is 0.